The molecule has 118 valence electrons. The van der Waals surface area contributed by atoms with E-state index in [0.29, 0.717) is 25.6 Å². The quantitative estimate of drug-likeness (QED) is 0.851. The highest BCUT2D eigenvalue weighted by Crippen LogP contribution is 2.34. The summed E-state index contributed by atoms with van der Waals surface area (Å²) in [4.78, 5) is 0. The van der Waals surface area contributed by atoms with Crippen molar-refractivity contribution in [3.05, 3.63) is 35.1 Å². The van der Waals surface area contributed by atoms with Crippen LogP contribution < -0.4 is 5.32 Å². The second-order valence-corrected chi connectivity index (χ2v) is 5.37. The lowest BCUT2D eigenvalue weighted by Crippen LogP contribution is -2.25. The molecular weight excluding hydrogens is 286 g/mol. The van der Waals surface area contributed by atoms with Crippen LogP contribution in [0, 0.1) is 11.7 Å². The predicted molar refractivity (Wildman–Crippen MR) is 71.4 cm³/mol. The number of hydrogen-bond donors (Lipinski definition) is 1. The first-order valence-electron chi connectivity index (χ1n) is 7.03. The van der Waals surface area contributed by atoms with Gasteiger partial charge in [-0.15, -0.1) is 0 Å². The fourth-order valence-electron chi connectivity index (χ4n) is 2.70. The third kappa shape index (κ3) is 4.17. The molecule has 2 nitrogen and oxygen atoms in total. The van der Waals surface area contributed by atoms with Crippen LogP contribution in [0.4, 0.5) is 17.6 Å². The highest BCUT2D eigenvalue weighted by atomic mass is 19.4. The minimum absolute atomic E-state index is 0.0822. The van der Waals surface area contributed by atoms with E-state index in [1.165, 1.54) is 0 Å². The monoisotopic (exact) mass is 305 g/mol. The van der Waals surface area contributed by atoms with Crippen LogP contribution in [-0.2, 0) is 10.9 Å². The average Bonchev–Trinajstić information content (AvgIpc) is 2.45. The zero-order chi connectivity index (χ0) is 15.5. The first-order valence-corrected chi connectivity index (χ1v) is 7.03. The highest BCUT2D eigenvalue weighted by Gasteiger charge is 2.32. The molecule has 6 heteroatoms. The van der Waals surface area contributed by atoms with E-state index in [9.17, 15) is 17.6 Å². The summed E-state index contributed by atoms with van der Waals surface area (Å²) < 4.78 is 57.5. The van der Waals surface area contributed by atoms with Gasteiger partial charge in [0.25, 0.3) is 0 Å². The number of alkyl halides is 3. The Kier molecular flexibility index (Phi) is 5.22. The highest BCUT2D eigenvalue weighted by molar-refractivity contribution is 5.29. The molecule has 2 rings (SSSR count). The van der Waals surface area contributed by atoms with Gasteiger partial charge in [-0.2, -0.15) is 13.2 Å². The van der Waals surface area contributed by atoms with Gasteiger partial charge < -0.3 is 10.1 Å². The maximum absolute atomic E-state index is 13.9. The predicted octanol–water partition coefficient (Wildman–Crippen LogP) is 3.92. The third-order valence-corrected chi connectivity index (χ3v) is 3.96. The minimum atomic E-state index is -4.46. The lowest BCUT2D eigenvalue weighted by molar-refractivity contribution is -0.137. The van der Waals surface area contributed by atoms with Crippen LogP contribution in [0.1, 0.15) is 36.4 Å². The summed E-state index contributed by atoms with van der Waals surface area (Å²) in [5.41, 5.74) is -0.732. The number of ether oxygens (including phenoxy) is 1. The van der Waals surface area contributed by atoms with E-state index in [-0.39, 0.29) is 5.56 Å². The van der Waals surface area contributed by atoms with Crippen LogP contribution in [0.5, 0.6) is 0 Å². The smallest absolute Gasteiger partial charge is 0.381 e. The normalized spacial score (nSPS) is 18.7. The van der Waals surface area contributed by atoms with Crippen molar-refractivity contribution >= 4 is 0 Å². The van der Waals surface area contributed by atoms with Crippen LogP contribution in [0.3, 0.4) is 0 Å². The van der Waals surface area contributed by atoms with Gasteiger partial charge in [0.1, 0.15) is 5.82 Å². The summed E-state index contributed by atoms with van der Waals surface area (Å²) in [7, 11) is 1.64. The van der Waals surface area contributed by atoms with Crippen molar-refractivity contribution in [2.75, 3.05) is 20.3 Å². The Balaban J connectivity index is 2.20. The maximum Gasteiger partial charge on any atom is 0.416 e. The summed E-state index contributed by atoms with van der Waals surface area (Å²) in [5.74, 6) is -0.264. The molecule has 0 spiro atoms. The third-order valence-electron chi connectivity index (χ3n) is 3.96. The topological polar surface area (TPSA) is 21.3 Å². The zero-order valence-electron chi connectivity index (χ0n) is 11.8. The van der Waals surface area contributed by atoms with Gasteiger partial charge in [-0.25, -0.2) is 4.39 Å². The van der Waals surface area contributed by atoms with Crippen molar-refractivity contribution in [3.8, 4) is 0 Å². The molecule has 0 aromatic heterocycles. The van der Waals surface area contributed by atoms with Crippen LogP contribution >= 0.6 is 0 Å². The zero-order valence-corrected chi connectivity index (χ0v) is 11.8. The molecule has 1 aliphatic rings. The molecule has 1 fully saturated rings. The van der Waals surface area contributed by atoms with E-state index >= 15 is 0 Å². The van der Waals surface area contributed by atoms with E-state index in [1.807, 2.05) is 0 Å². The SMILES string of the molecule is CNC(CC1CCOCC1)c1cc(C(F)(F)F)ccc1F. The molecule has 1 aliphatic heterocycles. The van der Waals surface area contributed by atoms with Gasteiger partial charge >= 0.3 is 6.18 Å². The average molecular weight is 305 g/mol. The standard InChI is InChI=1S/C15H19F4NO/c1-20-14(8-10-4-6-21-7-5-10)12-9-11(15(17,18)19)2-3-13(12)16/h2-3,9-10,14,20H,4-8H2,1H3. The summed E-state index contributed by atoms with van der Waals surface area (Å²) in [6.45, 7) is 1.32. The molecular formula is C15H19F4NO. The van der Waals surface area contributed by atoms with E-state index < -0.39 is 23.6 Å². The second kappa shape index (κ2) is 6.75. The fraction of sp³-hybridized carbons (Fsp3) is 0.600. The van der Waals surface area contributed by atoms with Gasteiger partial charge in [-0.3, -0.25) is 0 Å². The molecule has 1 aromatic rings. The Morgan fingerprint density at radius 1 is 1.29 bits per heavy atom. The number of benzene rings is 1. The Morgan fingerprint density at radius 3 is 2.52 bits per heavy atom. The molecule has 21 heavy (non-hydrogen) atoms. The Hall–Kier alpha value is -1.14. The molecule has 0 amide bonds. The van der Waals surface area contributed by atoms with Crippen LogP contribution in [0.2, 0.25) is 0 Å². The fourth-order valence-corrected chi connectivity index (χ4v) is 2.70. The minimum Gasteiger partial charge on any atom is -0.381 e. The summed E-state index contributed by atoms with van der Waals surface area (Å²) >= 11 is 0. The second-order valence-electron chi connectivity index (χ2n) is 5.37. The molecule has 1 N–H and O–H groups in total. The van der Waals surface area contributed by atoms with Crippen molar-refractivity contribution in [2.45, 2.75) is 31.5 Å². The maximum atomic E-state index is 13.9. The van der Waals surface area contributed by atoms with Crippen molar-refractivity contribution < 1.29 is 22.3 Å². The van der Waals surface area contributed by atoms with Crippen molar-refractivity contribution in [2.24, 2.45) is 5.92 Å². The molecule has 1 aromatic carbocycles. The number of rotatable bonds is 4. The molecule has 1 heterocycles. The molecule has 0 aliphatic carbocycles. The van der Waals surface area contributed by atoms with E-state index in [1.54, 1.807) is 7.05 Å². The summed E-state index contributed by atoms with van der Waals surface area (Å²) in [6, 6.07) is 2.16. The van der Waals surface area contributed by atoms with Gasteiger partial charge in [0.15, 0.2) is 0 Å². The first kappa shape index (κ1) is 16.2. The number of nitrogens with one attached hydrogen (secondary N) is 1. The van der Waals surface area contributed by atoms with Gasteiger partial charge in [0.2, 0.25) is 0 Å². The van der Waals surface area contributed by atoms with Gasteiger partial charge in [0.05, 0.1) is 5.56 Å². The Morgan fingerprint density at radius 2 is 1.95 bits per heavy atom. The van der Waals surface area contributed by atoms with Crippen LogP contribution in [0.25, 0.3) is 0 Å². The molecule has 1 atom stereocenters. The Bertz CT molecular complexity index is 469. The van der Waals surface area contributed by atoms with Crippen molar-refractivity contribution in [1.29, 1.82) is 0 Å². The Labute approximate surface area is 121 Å². The van der Waals surface area contributed by atoms with E-state index in [2.05, 4.69) is 5.32 Å². The largest absolute Gasteiger partial charge is 0.416 e. The lowest BCUT2D eigenvalue weighted by Gasteiger charge is -2.27. The number of halogens is 4. The molecule has 1 unspecified atom stereocenters. The molecule has 0 bridgehead atoms. The molecule has 1 saturated heterocycles. The summed E-state index contributed by atoms with van der Waals surface area (Å²) in [6.07, 6.45) is -2.13. The van der Waals surface area contributed by atoms with Gasteiger partial charge in [-0.05, 0) is 50.4 Å². The van der Waals surface area contributed by atoms with Crippen molar-refractivity contribution in [1.82, 2.24) is 5.32 Å². The molecule has 0 saturated carbocycles. The molecule has 0 radical (unpaired) electrons. The number of hydrogen-bond acceptors (Lipinski definition) is 2. The van der Waals surface area contributed by atoms with E-state index in [4.69, 9.17) is 4.74 Å². The van der Waals surface area contributed by atoms with Gasteiger partial charge in [-0.1, -0.05) is 0 Å². The van der Waals surface area contributed by atoms with Gasteiger partial charge in [0, 0.05) is 24.8 Å². The van der Waals surface area contributed by atoms with Crippen LogP contribution in [-0.4, -0.2) is 20.3 Å². The van der Waals surface area contributed by atoms with Crippen molar-refractivity contribution in [3.63, 3.8) is 0 Å². The first-order chi connectivity index (χ1) is 9.91. The lowest BCUT2D eigenvalue weighted by atomic mass is 9.89. The van der Waals surface area contributed by atoms with Crippen LogP contribution in [0.15, 0.2) is 18.2 Å². The van der Waals surface area contributed by atoms with E-state index in [0.717, 1.165) is 31.0 Å². The summed E-state index contributed by atoms with van der Waals surface area (Å²) in [5, 5.41) is 2.94.